The Bertz CT molecular complexity index is 453. The van der Waals surface area contributed by atoms with Gasteiger partial charge in [0.05, 0.1) is 15.7 Å². The molecule has 0 bridgehead atoms. The van der Waals surface area contributed by atoms with E-state index in [1.807, 2.05) is 19.1 Å². The molecule has 2 aromatic rings. The number of aromatic nitrogens is 4. The molecule has 0 saturated carbocycles. The molecule has 0 N–H and O–H groups in total. The van der Waals surface area contributed by atoms with E-state index < -0.39 is 0 Å². The second-order valence-corrected chi connectivity index (χ2v) is 6.22. The van der Waals surface area contributed by atoms with Gasteiger partial charge in [0.1, 0.15) is 0 Å². The van der Waals surface area contributed by atoms with Gasteiger partial charge in [-0.3, -0.25) is 0 Å². The summed E-state index contributed by atoms with van der Waals surface area (Å²) >= 11 is 11.0. The van der Waals surface area contributed by atoms with Gasteiger partial charge in [-0.15, -0.1) is 28.0 Å². The first-order valence-electron chi connectivity index (χ1n) is 4.31. The Morgan fingerprint density at radius 2 is 2.40 bits per heavy atom. The van der Waals surface area contributed by atoms with Gasteiger partial charge in [-0.05, 0) is 45.4 Å². The number of nitrogens with zero attached hydrogens (tertiary/aromatic N) is 4. The first kappa shape index (κ1) is 11.0. The fourth-order valence-electron chi connectivity index (χ4n) is 1.19. The van der Waals surface area contributed by atoms with Gasteiger partial charge >= 0.3 is 0 Å². The Balaban J connectivity index is 2.20. The average molecular weight is 308 g/mol. The van der Waals surface area contributed by atoms with E-state index in [9.17, 15) is 0 Å². The van der Waals surface area contributed by atoms with Crippen molar-refractivity contribution in [1.82, 2.24) is 20.2 Å². The van der Waals surface area contributed by atoms with Crippen LogP contribution in [0, 0.1) is 0 Å². The number of hydrogen-bond donors (Lipinski definition) is 0. The van der Waals surface area contributed by atoms with Gasteiger partial charge in [0, 0.05) is 4.88 Å². The minimum atomic E-state index is -0.177. The quantitative estimate of drug-likeness (QED) is 0.819. The molecule has 1 unspecified atom stereocenters. The Hall–Kier alpha value is -0.460. The van der Waals surface area contributed by atoms with E-state index in [-0.39, 0.29) is 5.38 Å². The van der Waals surface area contributed by atoms with Crippen molar-refractivity contribution in [3.05, 3.63) is 26.6 Å². The highest BCUT2D eigenvalue weighted by Gasteiger charge is 2.12. The third-order valence-electron chi connectivity index (χ3n) is 1.85. The van der Waals surface area contributed by atoms with E-state index in [0.29, 0.717) is 12.4 Å². The van der Waals surface area contributed by atoms with Crippen LogP contribution in [0.4, 0.5) is 0 Å². The lowest BCUT2D eigenvalue weighted by molar-refractivity contribution is 0.624. The summed E-state index contributed by atoms with van der Waals surface area (Å²) in [5.74, 6) is 0.696. The van der Waals surface area contributed by atoms with Gasteiger partial charge in [-0.25, -0.2) is 4.68 Å². The third kappa shape index (κ3) is 2.56. The van der Waals surface area contributed by atoms with Crippen LogP contribution < -0.4 is 0 Å². The molecule has 0 radical (unpaired) electrons. The Morgan fingerprint density at radius 1 is 1.60 bits per heavy atom. The third-order valence-corrected chi connectivity index (χ3v) is 3.65. The zero-order valence-corrected chi connectivity index (χ0v) is 11.1. The van der Waals surface area contributed by atoms with Crippen LogP contribution in [0.3, 0.4) is 0 Å². The molecule has 2 heterocycles. The number of alkyl halides is 1. The van der Waals surface area contributed by atoms with Crippen molar-refractivity contribution in [3.8, 4) is 0 Å². The summed E-state index contributed by atoms with van der Waals surface area (Å²) in [4.78, 5) is 1.19. The monoisotopic (exact) mass is 306 g/mol. The summed E-state index contributed by atoms with van der Waals surface area (Å²) in [6, 6.07) is 4.05. The van der Waals surface area contributed by atoms with Gasteiger partial charge < -0.3 is 0 Å². The highest BCUT2D eigenvalue weighted by molar-refractivity contribution is 9.11. The molecule has 0 aliphatic heterocycles. The number of halogens is 2. The number of hydrogen-bond acceptors (Lipinski definition) is 4. The molecular weight excluding hydrogens is 300 g/mol. The largest absolute Gasteiger partial charge is 0.223 e. The number of rotatable bonds is 3. The predicted octanol–water partition coefficient (Wildman–Crippen LogP) is 2.85. The number of thiophene rings is 1. The Labute approximate surface area is 104 Å². The summed E-state index contributed by atoms with van der Waals surface area (Å²) in [6.07, 6.45) is 0. The van der Waals surface area contributed by atoms with Crippen LogP contribution in [-0.2, 0) is 6.54 Å². The van der Waals surface area contributed by atoms with Crippen LogP contribution in [0.25, 0.3) is 0 Å². The molecule has 80 valence electrons. The molecule has 0 spiro atoms. The molecule has 2 rings (SSSR count). The minimum absolute atomic E-state index is 0.177. The summed E-state index contributed by atoms with van der Waals surface area (Å²) in [5, 5.41) is 11.2. The summed E-state index contributed by atoms with van der Waals surface area (Å²) in [6.45, 7) is 2.52. The van der Waals surface area contributed by atoms with Crippen molar-refractivity contribution in [2.24, 2.45) is 0 Å². The molecule has 15 heavy (non-hydrogen) atoms. The van der Waals surface area contributed by atoms with Crippen molar-refractivity contribution in [2.45, 2.75) is 18.8 Å². The van der Waals surface area contributed by atoms with Crippen molar-refractivity contribution < 1.29 is 0 Å². The fourth-order valence-corrected chi connectivity index (χ4v) is 2.82. The average Bonchev–Trinajstić information content (AvgIpc) is 2.75. The normalized spacial score (nSPS) is 13.0. The van der Waals surface area contributed by atoms with Gasteiger partial charge in [-0.2, -0.15) is 0 Å². The lowest BCUT2D eigenvalue weighted by atomic mass is 10.4. The van der Waals surface area contributed by atoms with Crippen molar-refractivity contribution in [3.63, 3.8) is 0 Å². The Morgan fingerprint density at radius 3 is 3.00 bits per heavy atom. The smallest absolute Gasteiger partial charge is 0.169 e. The summed E-state index contributed by atoms with van der Waals surface area (Å²) in [7, 11) is 0. The maximum Gasteiger partial charge on any atom is 0.169 e. The molecule has 7 heteroatoms. The second kappa shape index (κ2) is 4.59. The first-order chi connectivity index (χ1) is 7.16. The highest BCUT2D eigenvalue weighted by atomic mass is 79.9. The van der Waals surface area contributed by atoms with Gasteiger partial charge in [-0.1, -0.05) is 0 Å². The number of tetrazole rings is 1. The molecule has 0 aliphatic rings. The van der Waals surface area contributed by atoms with Crippen molar-refractivity contribution in [1.29, 1.82) is 0 Å². The lowest BCUT2D eigenvalue weighted by Crippen LogP contribution is -2.06. The molecule has 0 fully saturated rings. The van der Waals surface area contributed by atoms with Gasteiger partial charge in [0.25, 0.3) is 0 Å². The predicted molar refractivity (Wildman–Crippen MR) is 63.2 cm³/mol. The molecule has 2 aromatic heterocycles. The SMILES string of the molecule is CC(Cl)c1nnnn1Cc1ccc(Br)s1. The minimum Gasteiger partial charge on any atom is -0.223 e. The molecule has 0 saturated heterocycles. The van der Waals surface area contributed by atoms with E-state index in [1.54, 1.807) is 16.0 Å². The van der Waals surface area contributed by atoms with Crippen LogP contribution in [0.2, 0.25) is 0 Å². The van der Waals surface area contributed by atoms with Crippen molar-refractivity contribution in [2.75, 3.05) is 0 Å². The summed E-state index contributed by atoms with van der Waals surface area (Å²) < 4.78 is 2.82. The lowest BCUT2D eigenvalue weighted by Gasteiger charge is -2.03. The molecule has 0 aromatic carbocycles. The van der Waals surface area contributed by atoms with E-state index in [0.717, 1.165) is 3.79 Å². The molecule has 0 aliphatic carbocycles. The van der Waals surface area contributed by atoms with Gasteiger partial charge in [0.15, 0.2) is 5.82 Å². The first-order valence-corrected chi connectivity index (χ1v) is 6.36. The van der Waals surface area contributed by atoms with Crippen LogP contribution >= 0.6 is 38.9 Å². The standard InChI is InChI=1S/C8H8BrClN4S/c1-5(10)8-11-12-13-14(8)4-6-2-3-7(9)15-6/h2-3,5H,4H2,1H3. The van der Waals surface area contributed by atoms with Crippen LogP contribution in [0.15, 0.2) is 15.9 Å². The van der Waals surface area contributed by atoms with Gasteiger partial charge in [0.2, 0.25) is 0 Å². The van der Waals surface area contributed by atoms with E-state index in [1.165, 1.54) is 4.88 Å². The van der Waals surface area contributed by atoms with E-state index in [4.69, 9.17) is 11.6 Å². The highest BCUT2D eigenvalue weighted by Crippen LogP contribution is 2.24. The van der Waals surface area contributed by atoms with Crippen LogP contribution in [0.1, 0.15) is 23.0 Å². The van der Waals surface area contributed by atoms with Crippen LogP contribution in [0.5, 0.6) is 0 Å². The Kier molecular flexibility index (Phi) is 3.38. The molecule has 0 amide bonds. The zero-order valence-electron chi connectivity index (χ0n) is 7.89. The molecule has 4 nitrogen and oxygen atoms in total. The van der Waals surface area contributed by atoms with E-state index >= 15 is 0 Å². The van der Waals surface area contributed by atoms with Crippen molar-refractivity contribution >= 4 is 38.9 Å². The second-order valence-electron chi connectivity index (χ2n) is 3.02. The zero-order chi connectivity index (χ0) is 10.8. The molecule has 1 atom stereocenters. The van der Waals surface area contributed by atoms with E-state index in [2.05, 4.69) is 31.5 Å². The topological polar surface area (TPSA) is 43.6 Å². The van der Waals surface area contributed by atoms with Crippen LogP contribution in [-0.4, -0.2) is 20.2 Å². The summed E-state index contributed by atoms with van der Waals surface area (Å²) in [5.41, 5.74) is 0. The fraction of sp³-hybridized carbons (Fsp3) is 0.375. The maximum atomic E-state index is 5.95. The maximum absolute atomic E-state index is 5.95. The molecular formula is C8H8BrClN4S.